The molecule has 1 saturated carbocycles. The summed E-state index contributed by atoms with van der Waals surface area (Å²) in [4.78, 5) is 2.25. The smallest absolute Gasteiger partial charge is 0.121 e. The fourth-order valence-electron chi connectivity index (χ4n) is 2.41. The fraction of sp³-hybridized carbons (Fsp3) is 0.533. The number of hydrogen-bond acceptors (Lipinski definition) is 4. The molecule has 0 heterocycles. The lowest BCUT2D eigenvalue weighted by Gasteiger charge is -2.39. The molecule has 0 aromatic heterocycles. The van der Waals surface area contributed by atoms with Gasteiger partial charge in [-0.15, -0.1) is 0 Å². The largest absolute Gasteiger partial charge is 0.497 e. The maximum atomic E-state index is 9.26. The first-order valence-electron chi connectivity index (χ1n) is 6.75. The van der Waals surface area contributed by atoms with Gasteiger partial charge in [-0.25, -0.2) is 0 Å². The van der Waals surface area contributed by atoms with Gasteiger partial charge in [0.2, 0.25) is 0 Å². The number of ether oxygens (including phenoxy) is 1. The van der Waals surface area contributed by atoms with Gasteiger partial charge < -0.3 is 14.7 Å². The first-order valence-corrected chi connectivity index (χ1v) is 6.75. The number of rotatable bonds is 6. The van der Waals surface area contributed by atoms with Gasteiger partial charge in [-0.2, -0.15) is 5.26 Å². The van der Waals surface area contributed by atoms with Crippen molar-refractivity contribution in [1.29, 1.82) is 5.26 Å². The standard InChI is InChI=1S/C15H20N2O2/c1-19-14-7-6-12(11-16)15(10-14)17(8-3-9-18)13-4-2-5-13/h6-7,10,13,18H,2-5,8-9H2,1H3. The van der Waals surface area contributed by atoms with E-state index in [-0.39, 0.29) is 6.61 Å². The molecular formula is C15H20N2O2. The summed E-state index contributed by atoms with van der Waals surface area (Å²) in [6, 6.07) is 8.28. The normalized spacial score (nSPS) is 14.6. The SMILES string of the molecule is COc1ccc(C#N)c(N(CCCO)C2CCC2)c1. The van der Waals surface area contributed by atoms with Gasteiger partial charge in [0.25, 0.3) is 0 Å². The molecule has 0 unspecified atom stereocenters. The van der Waals surface area contributed by atoms with Crippen molar-refractivity contribution in [2.24, 2.45) is 0 Å². The van der Waals surface area contributed by atoms with Gasteiger partial charge in [0, 0.05) is 25.3 Å². The van der Waals surface area contributed by atoms with E-state index in [1.165, 1.54) is 6.42 Å². The summed E-state index contributed by atoms with van der Waals surface area (Å²) in [6.45, 7) is 0.956. The third-order valence-electron chi connectivity index (χ3n) is 3.71. The topological polar surface area (TPSA) is 56.5 Å². The third-order valence-corrected chi connectivity index (χ3v) is 3.71. The number of anilines is 1. The second-order valence-electron chi connectivity index (χ2n) is 4.85. The van der Waals surface area contributed by atoms with E-state index >= 15 is 0 Å². The summed E-state index contributed by atoms with van der Waals surface area (Å²) in [7, 11) is 1.63. The molecule has 1 fully saturated rings. The van der Waals surface area contributed by atoms with Crippen LogP contribution in [0, 0.1) is 11.3 Å². The molecule has 1 aromatic carbocycles. The zero-order chi connectivity index (χ0) is 13.7. The molecule has 0 spiro atoms. The van der Waals surface area contributed by atoms with Crippen molar-refractivity contribution in [3.63, 3.8) is 0 Å². The summed E-state index contributed by atoms with van der Waals surface area (Å²) in [5, 5.41) is 18.3. The predicted octanol–water partition coefficient (Wildman–Crippen LogP) is 2.31. The van der Waals surface area contributed by atoms with Crippen LogP contribution in [0.4, 0.5) is 5.69 Å². The van der Waals surface area contributed by atoms with E-state index in [1.54, 1.807) is 13.2 Å². The zero-order valence-electron chi connectivity index (χ0n) is 11.3. The Morgan fingerprint density at radius 1 is 1.47 bits per heavy atom. The molecule has 0 aliphatic heterocycles. The monoisotopic (exact) mass is 260 g/mol. The van der Waals surface area contributed by atoms with Crippen LogP contribution in [-0.4, -0.2) is 31.4 Å². The molecule has 0 atom stereocenters. The highest BCUT2D eigenvalue weighted by atomic mass is 16.5. The molecule has 1 N–H and O–H groups in total. The second kappa shape index (κ2) is 6.44. The van der Waals surface area contributed by atoms with Gasteiger partial charge in [0.15, 0.2) is 0 Å². The summed E-state index contributed by atoms with van der Waals surface area (Å²) in [5.74, 6) is 0.766. The molecule has 4 heteroatoms. The fourth-order valence-corrected chi connectivity index (χ4v) is 2.41. The van der Waals surface area contributed by atoms with Gasteiger partial charge in [-0.3, -0.25) is 0 Å². The van der Waals surface area contributed by atoms with Crippen LogP contribution in [0.15, 0.2) is 18.2 Å². The van der Waals surface area contributed by atoms with E-state index < -0.39 is 0 Å². The quantitative estimate of drug-likeness (QED) is 0.852. The minimum absolute atomic E-state index is 0.176. The van der Waals surface area contributed by atoms with Gasteiger partial charge in [0.1, 0.15) is 11.8 Å². The van der Waals surface area contributed by atoms with E-state index in [0.717, 1.165) is 37.2 Å². The first-order chi connectivity index (χ1) is 9.30. The van der Waals surface area contributed by atoms with Crippen LogP contribution in [0.5, 0.6) is 5.75 Å². The van der Waals surface area contributed by atoms with Crippen molar-refractivity contribution in [2.45, 2.75) is 31.7 Å². The highest BCUT2D eigenvalue weighted by Gasteiger charge is 2.26. The van der Waals surface area contributed by atoms with Gasteiger partial charge in [-0.1, -0.05) is 0 Å². The number of aliphatic hydroxyl groups excluding tert-OH is 1. The lowest BCUT2D eigenvalue weighted by Crippen LogP contribution is -2.41. The lowest BCUT2D eigenvalue weighted by atomic mass is 9.90. The average Bonchev–Trinajstić information content (AvgIpc) is 2.40. The van der Waals surface area contributed by atoms with Crippen molar-refractivity contribution in [2.75, 3.05) is 25.2 Å². The van der Waals surface area contributed by atoms with E-state index in [1.807, 2.05) is 12.1 Å². The number of nitrogens with zero attached hydrogens (tertiary/aromatic N) is 2. The Hall–Kier alpha value is -1.73. The molecule has 1 aromatic rings. The Labute approximate surface area is 114 Å². The van der Waals surface area contributed by atoms with Crippen LogP contribution in [0.3, 0.4) is 0 Å². The molecule has 0 radical (unpaired) electrons. The van der Waals surface area contributed by atoms with Crippen molar-refractivity contribution in [3.8, 4) is 11.8 Å². The van der Waals surface area contributed by atoms with E-state index in [2.05, 4.69) is 11.0 Å². The first kappa shape index (κ1) is 13.7. The average molecular weight is 260 g/mol. The molecule has 1 aliphatic carbocycles. The Morgan fingerprint density at radius 3 is 2.79 bits per heavy atom. The van der Waals surface area contributed by atoms with Crippen LogP contribution >= 0.6 is 0 Å². The lowest BCUT2D eigenvalue weighted by molar-refractivity contribution is 0.283. The van der Waals surface area contributed by atoms with Crippen LogP contribution in [0.25, 0.3) is 0 Å². The molecule has 1 aliphatic rings. The molecule has 2 rings (SSSR count). The van der Waals surface area contributed by atoms with E-state index in [0.29, 0.717) is 11.6 Å². The summed E-state index contributed by atoms with van der Waals surface area (Å²) in [6.07, 6.45) is 4.28. The molecule has 0 amide bonds. The van der Waals surface area contributed by atoms with Crippen LogP contribution < -0.4 is 9.64 Å². The second-order valence-corrected chi connectivity index (χ2v) is 4.85. The van der Waals surface area contributed by atoms with Crippen LogP contribution in [0.2, 0.25) is 0 Å². The molecular weight excluding hydrogens is 240 g/mol. The maximum absolute atomic E-state index is 9.26. The minimum atomic E-state index is 0.176. The summed E-state index contributed by atoms with van der Waals surface area (Å²) >= 11 is 0. The zero-order valence-corrected chi connectivity index (χ0v) is 11.3. The van der Waals surface area contributed by atoms with Crippen molar-refractivity contribution >= 4 is 5.69 Å². The van der Waals surface area contributed by atoms with Crippen molar-refractivity contribution in [3.05, 3.63) is 23.8 Å². The molecule has 102 valence electrons. The summed E-state index contributed by atoms with van der Waals surface area (Å²) in [5.41, 5.74) is 1.60. The van der Waals surface area contributed by atoms with Crippen molar-refractivity contribution in [1.82, 2.24) is 0 Å². The number of aliphatic hydroxyl groups is 1. The highest BCUT2D eigenvalue weighted by Crippen LogP contribution is 2.33. The predicted molar refractivity (Wildman–Crippen MR) is 74.4 cm³/mol. The highest BCUT2D eigenvalue weighted by molar-refractivity contribution is 5.63. The molecule has 0 bridgehead atoms. The van der Waals surface area contributed by atoms with E-state index in [9.17, 15) is 5.26 Å². The number of benzene rings is 1. The number of methoxy groups -OCH3 is 1. The van der Waals surface area contributed by atoms with Gasteiger partial charge in [-0.05, 0) is 37.8 Å². The Bertz CT molecular complexity index is 464. The Balaban J connectivity index is 2.30. The number of hydrogen-bond donors (Lipinski definition) is 1. The van der Waals surface area contributed by atoms with Gasteiger partial charge >= 0.3 is 0 Å². The van der Waals surface area contributed by atoms with E-state index in [4.69, 9.17) is 9.84 Å². The third kappa shape index (κ3) is 2.99. The maximum Gasteiger partial charge on any atom is 0.121 e. The molecule has 4 nitrogen and oxygen atoms in total. The Morgan fingerprint density at radius 2 is 2.26 bits per heavy atom. The molecule has 19 heavy (non-hydrogen) atoms. The van der Waals surface area contributed by atoms with Crippen LogP contribution in [0.1, 0.15) is 31.2 Å². The van der Waals surface area contributed by atoms with Gasteiger partial charge in [0.05, 0.1) is 18.4 Å². The number of nitriles is 1. The van der Waals surface area contributed by atoms with Crippen LogP contribution in [-0.2, 0) is 0 Å². The summed E-state index contributed by atoms with van der Waals surface area (Å²) < 4.78 is 5.25. The van der Waals surface area contributed by atoms with Crippen molar-refractivity contribution < 1.29 is 9.84 Å². The minimum Gasteiger partial charge on any atom is -0.497 e. The Kier molecular flexibility index (Phi) is 4.64. The molecule has 0 saturated heterocycles.